The lowest BCUT2D eigenvalue weighted by Crippen LogP contribution is -2.25. The maximum atomic E-state index is 12.2. The van der Waals surface area contributed by atoms with Gasteiger partial charge < -0.3 is 10.4 Å². The molecule has 0 fully saturated rings. The molecule has 128 valence electrons. The van der Waals surface area contributed by atoms with Crippen LogP contribution in [0.15, 0.2) is 48.5 Å². The number of carbonyl (C=O) groups excluding carboxylic acids is 1. The van der Waals surface area contributed by atoms with Gasteiger partial charge in [-0.25, -0.2) is 0 Å². The van der Waals surface area contributed by atoms with E-state index < -0.39 is 6.10 Å². The van der Waals surface area contributed by atoms with Gasteiger partial charge in [-0.15, -0.1) is 0 Å². The molecule has 1 amide bonds. The van der Waals surface area contributed by atoms with Crippen molar-refractivity contribution in [3.8, 4) is 0 Å². The van der Waals surface area contributed by atoms with Crippen LogP contribution in [-0.4, -0.2) is 17.6 Å². The SMILES string of the molecule is CC(C)(C)c1ccc(C(=O)NCCC(O)c2cccc(Cl)c2)cc1. The summed E-state index contributed by atoms with van der Waals surface area (Å²) in [6.45, 7) is 6.81. The highest BCUT2D eigenvalue weighted by molar-refractivity contribution is 6.30. The second-order valence-corrected chi connectivity index (χ2v) is 7.38. The molecule has 0 bridgehead atoms. The van der Waals surface area contributed by atoms with Gasteiger partial charge in [0, 0.05) is 17.1 Å². The molecule has 0 radical (unpaired) electrons. The Morgan fingerprint density at radius 1 is 1.17 bits per heavy atom. The third kappa shape index (κ3) is 5.08. The number of benzene rings is 2. The van der Waals surface area contributed by atoms with Gasteiger partial charge >= 0.3 is 0 Å². The van der Waals surface area contributed by atoms with Crippen LogP contribution in [0.25, 0.3) is 0 Å². The zero-order chi connectivity index (χ0) is 17.7. The summed E-state index contributed by atoms with van der Waals surface area (Å²) >= 11 is 5.92. The fraction of sp³-hybridized carbons (Fsp3) is 0.350. The highest BCUT2D eigenvalue weighted by atomic mass is 35.5. The monoisotopic (exact) mass is 345 g/mol. The molecule has 1 atom stereocenters. The predicted octanol–water partition coefficient (Wildman–Crippen LogP) is 4.49. The molecule has 2 aromatic carbocycles. The topological polar surface area (TPSA) is 49.3 Å². The lowest BCUT2D eigenvalue weighted by Gasteiger charge is -2.19. The summed E-state index contributed by atoms with van der Waals surface area (Å²) in [5.41, 5.74) is 2.64. The average molecular weight is 346 g/mol. The molecule has 2 rings (SSSR count). The Labute approximate surface area is 148 Å². The molecule has 0 spiro atoms. The van der Waals surface area contributed by atoms with E-state index in [0.29, 0.717) is 23.6 Å². The first-order valence-corrected chi connectivity index (χ1v) is 8.47. The smallest absolute Gasteiger partial charge is 0.251 e. The summed E-state index contributed by atoms with van der Waals surface area (Å²) in [4.78, 5) is 12.2. The van der Waals surface area contributed by atoms with Crippen molar-refractivity contribution < 1.29 is 9.90 Å². The summed E-state index contributed by atoms with van der Waals surface area (Å²) in [7, 11) is 0. The lowest BCUT2D eigenvalue weighted by molar-refractivity contribution is 0.0942. The van der Waals surface area contributed by atoms with Crippen molar-refractivity contribution in [3.05, 3.63) is 70.2 Å². The number of aliphatic hydroxyl groups excluding tert-OH is 1. The molecule has 4 heteroatoms. The van der Waals surface area contributed by atoms with Gasteiger partial charge in [0.15, 0.2) is 0 Å². The molecular formula is C20H24ClNO2. The van der Waals surface area contributed by atoms with E-state index in [-0.39, 0.29) is 11.3 Å². The molecule has 2 aromatic rings. The fourth-order valence-electron chi connectivity index (χ4n) is 2.43. The summed E-state index contributed by atoms with van der Waals surface area (Å²) in [5.74, 6) is -0.131. The van der Waals surface area contributed by atoms with E-state index in [2.05, 4.69) is 26.1 Å². The highest BCUT2D eigenvalue weighted by Gasteiger charge is 2.14. The number of hydrogen-bond donors (Lipinski definition) is 2. The van der Waals surface area contributed by atoms with Gasteiger partial charge in [0.25, 0.3) is 5.91 Å². The first-order chi connectivity index (χ1) is 11.3. The maximum Gasteiger partial charge on any atom is 0.251 e. The van der Waals surface area contributed by atoms with Gasteiger partial charge in [0.1, 0.15) is 0 Å². The quantitative estimate of drug-likeness (QED) is 0.838. The Morgan fingerprint density at radius 3 is 2.42 bits per heavy atom. The van der Waals surface area contributed by atoms with Crippen molar-refractivity contribution in [1.29, 1.82) is 0 Å². The molecule has 0 aliphatic carbocycles. The molecule has 24 heavy (non-hydrogen) atoms. The van der Waals surface area contributed by atoms with Gasteiger partial charge in [0.2, 0.25) is 0 Å². The number of rotatable bonds is 5. The van der Waals surface area contributed by atoms with Gasteiger partial charge in [-0.3, -0.25) is 4.79 Å². The van der Waals surface area contributed by atoms with Crippen LogP contribution in [0.3, 0.4) is 0 Å². The summed E-state index contributed by atoms with van der Waals surface area (Å²) < 4.78 is 0. The third-order valence-corrected chi connectivity index (χ3v) is 4.18. The number of nitrogens with one attached hydrogen (secondary N) is 1. The lowest BCUT2D eigenvalue weighted by atomic mass is 9.87. The second-order valence-electron chi connectivity index (χ2n) is 6.94. The molecule has 0 aliphatic heterocycles. The predicted molar refractivity (Wildman–Crippen MR) is 98.5 cm³/mol. The normalized spacial score (nSPS) is 12.7. The maximum absolute atomic E-state index is 12.2. The number of halogens is 1. The van der Waals surface area contributed by atoms with Gasteiger partial charge in [-0.2, -0.15) is 0 Å². The van der Waals surface area contributed by atoms with E-state index in [9.17, 15) is 9.90 Å². The summed E-state index contributed by atoms with van der Waals surface area (Å²) in [6, 6.07) is 14.8. The molecule has 0 saturated heterocycles. The minimum atomic E-state index is -0.646. The Morgan fingerprint density at radius 2 is 1.83 bits per heavy atom. The summed E-state index contributed by atoms with van der Waals surface area (Å²) in [5, 5.41) is 13.6. The fourth-order valence-corrected chi connectivity index (χ4v) is 2.63. The number of carbonyl (C=O) groups is 1. The summed E-state index contributed by atoms with van der Waals surface area (Å²) in [6.07, 6.45) is -0.209. The van der Waals surface area contributed by atoms with E-state index >= 15 is 0 Å². The minimum absolute atomic E-state index is 0.0655. The molecule has 0 heterocycles. The van der Waals surface area contributed by atoms with Crippen molar-refractivity contribution in [2.75, 3.05) is 6.54 Å². The average Bonchev–Trinajstić information content (AvgIpc) is 2.54. The van der Waals surface area contributed by atoms with E-state index in [0.717, 1.165) is 5.56 Å². The molecular weight excluding hydrogens is 322 g/mol. The highest BCUT2D eigenvalue weighted by Crippen LogP contribution is 2.22. The molecule has 1 unspecified atom stereocenters. The number of aliphatic hydroxyl groups is 1. The zero-order valence-electron chi connectivity index (χ0n) is 14.3. The van der Waals surface area contributed by atoms with Crippen molar-refractivity contribution in [1.82, 2.24) is 5.32 Å². The zero-order valence-corrected chi connectivity index (χ0v) is 15.1. The van der Waals surface area contributed by atoms with Crippen molar-refractivity contribution in [2.45, 2.75) is 38.7 Å². The standard InChI is InChI=1S/C20H24ClNO2/c1-20(2,3)16-9-7-14(8-10-16)19(24)22-12-11-18(23)15-5-4-6-17(21)13-15/h4-10,13,18,23H,11-12H2,1-3H3,(H,22,24). The Kier molecular flexibility index (Phi) is 6.03. The molecule has 0 aromatic heterocycles. The third-order valence-electron chi connectivity index (χ3n) is 3.95. The van der Waals surface area contributed by atoms with Crippen LogP contribution in [0.5, 0.6) is 0 Å². The van der Waals surface area contributed by atoms with Crippen molar-refractivity contribution >= 4 is 17.5 Å². The molecule has 3 nitrogen and oxygen atoms in total. The second kappa shape index (κ2) is 7.82. The van der Waals surface area contributed by atoms with E-state index in [1.807, 2.05) is 30.3 Å². The van der Waals surface area contributed by atoms with Crippen LogP contribution in [-0.2, 0) is 5.41 Å². The van der Waals surface area contributed by atoms with Crippen molar-refractivity contribution in [2.24, 2.45) is 0 Å². The van der Waals surface area contributed by atoms with Crippen LogP contribution in [0, 0.1) is 0 Å². The minimum Gasteiger partial charge on any atom is -0.388 e. The molecule has 2 N–H and O–H groups in total. The van der Waals surface area contributed by atoms with Gasteiger partial charge in [-0.05, 0) is 47.2 Å². The largest absolute Gasteiger partial charge is 0.388 e. The van der Waals surface area contributed by atoms with Crippen LogP contribution in [0.2, 0.25) is 5.02 Å². The Bertz CT molecular complexity index is 690. The number of amides is 1. The van der Waals surface area contributed by atoms with E-state index in [1.165, 1.54) is 5.56 Å². The van der Waals surface area contributed by atoms with Gasteiger partial charge in [-0.1, -0.05) is 56.6 Å². The van der Waals surface area contributed by atoms with Crippen LogP contribution >= 0.6 is 11.6 Å². The van der Waals surface area contributed by atoms with Crippen LogP contribution < -0.4 is 5.32 Å². The van der Waals surface area contributed by atoms with E-state index in [4.69, 9.17) is 11.6 Å². The Hall–Kier alpha value is -1.84. The van der Waals surface area contributed by atoms with Crippen molar-refractivity contribution in [3.63, 3.8) is 0 Å². The first kappa shape index (κ1) is 18.5. The van der Waals surface area contributed by atoms with E-state index in [1.54, 1.807) is 18.2 Å². The van der Waals surface area contributed by atoms with Crippen LogP contribution in [0.1, 0.15) is 54.8 Å². The molecule has 0 aliphatic rings. The van der Waals surface area contributed by atoms with Crippen LogP contribution in [0.4, 0.5) is 0 Å². The Balaban J connectivity index is 1.87. The number of hydrogen-bond acceptors (Lipinski definition) is 2. The first-order valence-electron chi connectivity index (χ1n) is 8.09. The molecule has 0 saturated carbocycles. The van der Waals surface area contributed by atoms with Gasteiger partial charge in [0.05, 0.1) is 6.10 Å².